The van der Waals surface area contributed by atoms with Crippen LogP contribution in [0.1, 0.15) is 0 Å². The minimum Gasteiger partial charge on any atom is -0.291 e. The number of ketones is 2. The molecule has 1 rings (SSSR count). The fourth-order valence-corrected chi connectivity index (χ4v) is 1.66. The van der Waals surface area contributed by atoms with Gasteiger partial charge in [0.1, 0.15) is 0 Å². The molecule has 0 saturated heterocycles. The number of hydrogen-bond acceptors (Lipinski definition) is 5. The van der Waals surface area contributed by atoms with E-state index in [9.17, 15) is 9.59 Å². The molecule has 1 fully saturated rings. The van der Waals surface area contributed by atoms with Gasteiger partial charge in [-0.3, -0.25) is 9.59 Å². The average molecular weight is 284 g/mol. The maximum absolute atomic E-state index is 12.2. The standard InChI is InChI=1S/C14N6O2/c1-18-7(4-15)10-11(8(5-16)19-2)14(22)12(13(10)21)9(6-17)20-3/b10-7-,11-8+,12-9+. The second kappa shape index (κ2) is 6.10. The summed E-state index contributed by atoms with van der Waals surface area (Å²) in [6.45, 7) is 20.5. The van der Waals surface area contributed by atoms with E-state index in [1.165, 1.54) is 18.2 Å². The van der Waals surface area contributed by atoms with E-state index in [1.54, 1.807) is 0 Å². The SMILES string of the molecule is [C-]#[N+]/C(C#N)=C1\C(=O)C(=C(/C#N)[N+]#[C-])/C(=C(/C#N)[N+]#[C-])C1=O. The van der Waals surface area contributed by atoms with E-state index >= 15 is 0 Å². The van der Waals surface area contributed by atoms with Gasteiger partial charge in [-0.25, -0.2) is 30.3 Å². The van der Waals surface area contributed by atoms with Crippen molar-refractivity contribution < 1.29 is 9.59 Å². The van der Waals surface area contributed by atoms with Crippen molar-refractivity contribution >= 4 is 11.6 Å². The first-order valence-electron chi connectivity index (χ1n) is 5.17. The third-order valence-electron chi connectivity index (χ3n) is 2.52. The van der Waals surface area contributed by atoms with Crippen LogP contribution < -0.4 is 0 Å². The van der Waals surface area contributed by atoms with Crippen LogP contribution in [-0.2, 0) is 9.59 Å². The zero-order chi connectivity index (χ0) is 16.9. The number of nitrogens with zero attached hydrogens (tertiary/aromatic N) is 6. The molecule has 0 spiro atoms. The molecule has 8 nitrogen and oxygen atoms in total. The van der Waals surface area contributed by atoms with Crippen LogP contribution in [0.3, 0.4) is 0 Å². The molecular formula is C14N6O2. The molecule has 0 atom stereocenters. The Morgan fingerprint density at radius 1 is 0.682 bits per heavy atom. The van der Waals surface area contributed by atoms with Crippen LogP contribution in [0.15, 0.2) is 33.8 Å². The molecular weight excluding hydrogens is 284 g/mol. The van der Waals surface area contributed by atoms with Crippen molar-refractivity contribution in [1.29, 1.82) is 15.8 Å². The Labute approximate surface area is 124 Å². The Bertz CT molecular complexity index is 855. The topological polar surface area (TPSA) is 119 Å². The van der Waals surface area contributed by atoms with Crippen LogP contribution in [0.2, 0.25) is 0 Å². The molecule has 0 aromatic heterocycles. The maximum Gasteiger partial charge on any atom is 0.276 e. The number of allylic oxidation sites excluding steroid dienone is 6. The largest absolute Gasteiger partial charge is 0.291 e. The lowest BCUT2D eigenvalue weighted by atomic mass is 10.1. The van der Waals surface area contributed by atoms with Crippen molar-refractivity contribution in [3.05, 3.63) is 68.1 Å². The Hall–Kier alpha value is -4.50. The predicted octanol–water partition coefficient (Wildman–Crippen LogP) is 1.23. The minimum atomic E-state index is -1.18. The highest BCUT2D eigenvalue weighted by Gasteiger charge is 2.42. The van der Waals surface area contributed by atoms with Crippen LogP contribution in [0, 0.1) is 53.7 Å². The molecule has 0 aromatic rings. The van der Waals surface area contributed by atoms with Gasteiger partial charge in [-0.2, -0.15) is 0 Å². The molecule has 1 saturated carbocycles. The zero-order valence-electron chi connectivity index (χ0n) is 10.5. The van der Waals surface area contributed by atoms with Crippen LogP contribution in [-0.4, -0.2) is 11.6 Å². The molecule has 0 heterocycles. The van der Waals surface area contributed by atoms with Gasteiger partial charge in [0, 0.05) is 11.1 Å². The summed E-state index contributed by atoms with van der Waals surface area (Å²) < 4.78 is 0. The average Bonchev–Trinajstić information content (AvgIpc) is 2.77. The monoisotopic (exact) mass is 284 g/mol. The molecule has 0 bridgehead atoms. The first-order chi connectivity index (χ1) is 10.5. The third kappa shape index (κ3) is 2.09. The number of Topliss-reactive ketones (excluding diaryl/α,β-unsaturated/α-hetero) is 2. The number of carbonyl (C=O) groups excluding carboxylic acids is 2. The lowest BCUT2D eigenvalue weighted by Crippen LogP contribution is -2.03. The molecule has 0 amide bonds. The molecule has 0 N–H and O–H groups in total. The summed E-state index contributed by atoms with van der Waals surface area (Å²) in [6.07, 6.45) is 0. The summed E-state index contributed by atoms with van der Waals surface area (Å²) in [5.41, 5.74) is -4.69. The van der Waals surface area contributed by atoms with E-state index < -0.39 is 45.4 Å². The van der Waals surface area contributed by atoms with Crippen molar-refractivity contribution in [2.45, 2.75) is 0 Å². The number of hydrogen-bond donors (Lipinski definition) is 0. The summed E-state index contributed by atoms with van der Waals surface area (Å²) in [6, 6.07) is 4.16. The van der Waals surface area contributed by atoms with Crippen LogP contribution in [0.4, 0.5) is 0 Å². The second-order valence-electron chi connectivity index (χ2n) is 3.50. The van der Waals surface area contributed by atoms with E-state index in [0.29, 0.717) is 0 Å². The van der Waals surface area contributed by atoms with Crippen molar-refractivity contribution in [1.82, 2.24) is 0 Å². The summed E-state index contributed by atoms with van der Waals surface area (Å²) in [7, 11) is 0. The summed E-state index contributed by atoms with van der Waals surface area (Å²) in [4.78, 5) is 32.7. The van der Waals surface area contributed by atoms with E-state index in [2.05, 4.69) is 14.5 Å². The van der Waals surface area contributed by atoms with Crippen molar-refractivity contribution in [3.63, 3.8) is 0 Å². The molecule has 0 aromatic carbocycles. The highest BCUT2D eigenvalue weighted by Crippen LogP contribution is 2.35. The van der Waals surface area contributed by atoms with Gasteiger partial charge in [-0.15, -0.1) is 0 Å². The van der Waals surface area contributed by atoms with Gasteiger partial charge in [-0.05, 0) is 0 Å². The van der Waals surface area contributed by atoms with E-state index in [4.69, 9.17) is 35.5 Å². The lowest BCUT2D eigenvalue weighted by Gasteiger charge is -1.97. The first kappa shape index (κ1) is 15.6. The smallest absolute Gasteiger partial charge is 0.276 e. The van der Waals surface area contributed by atoms with Gasteiger partial charge in [0.2, 0.25) is 0 Å². The number of nitriles is 3. The van der Waals surface area contributed by atoms with Gasteiger partial charge in [0.15, 0.2) is 11.6 Å². The van der Waals surface area contributed by atoms with Gasteiger partial charge >= 0.3 is 0 Å². The fraction of sp³-hybridized carbons (Fsp3) is 0. The van der Waals surface area contributed by atoms with E-state index in [1.807, 2.05) is 0 Å². The predicted molar refractivity (Wildman–Crippen MR) is 67.7 cm³/mol. The molecule has 1 aliphatic carbocycles. The van der Waals surface area contributed by atoms with Gasteiger partial charge in [0.05, 0.1) is 43.5 Å². The molecule has 8 heteroatoms. The maximum atomic E-state index is 12.2. The highest BCUT2D eigenvalue weighted by molar-refractivity contribution is 6.43. The summed E-state index contributed by atoms with van der Waals surface area (Å²) in [5, 5.41) is 26.5. The summed E-state index contributed by atoms with van der Waals surface area (Å²) >= 11 is 0. The third-order valence-corrected chi connectivity index (χ3v) is 2.52. The quantitative estimate of drug-likeness (QED) is 0.287. The molecule has 0 radical (unpaired) electrons. The van der Waals surface area contributed by atoms with Crippen molar-refractivity contribution in [3.8, 4) is 18.2 Å². The van der Waals surface area contributed by atoms with Crippen LogP contribution >= 0.6 is 0 Å². The van der Waals surface area contributed by atoms with Crippen LogP contribution in [0.5, 0.6) is 0 Å². The molecule has 22 heavy (non-hydrogen) atoms. The Morgan fingerprint density at radius 3 is 1.18 bits per heavy atom. The molecule has 98 valence electrons. The van der Waals surface area contributed by atoms with Crippen molar-refractivity contribution in [2.24, 2.45) is 0 Å². The molecule has 1 aliphatic rings. The normalized spacial score (nSPS) is 19.5. The Balaban J connectivity index is 4.12. The lowest BCUT2D eigenvalue weighted by molar-refractivity contribution is -0.115. The van der Waals surface area contributed by atoms with E-state index in [-0.39, 0.29) is 0 Å². The summed E-state index contributed by atoms with van der Waals surface area (Å²) in [5.74, 6) is -2.37. The minimum absolute atomic E-state index is 0.721. The number of carbonyl (C=O) groups is 2. The van der Waals surface area contributed by atoms with Gasteiger partial charge < -0.3 is 0 Å². The number of rotatable bonds is 0. The fourth-order valence-electron chi connectivity index (χ4n) is 1.66. The highest BCUT2D eigenvalue weighted by atomic mass is 16.2. The Morgan fingerprint density at radius 2 is 0.955 bits per heavy atom. The second-order valence-corrected chi connectivity index (χ2v) is 3.50. The van der Waals surface area contributed by atoms with Gasteiger partial charge in [0.25, 0.3) is 17.1 Å². The first-order valence-corrected chi connectivity index (χ1v) is 5.17. The Kier molecular flexibility index (Phi) is 4.31. The van der Waals surface area contributed by atoms with Crippen LogP contribution in [0.25, 0.3) is 14.5 Å². The van der Waals surface area contributed by atoms with E-state index in [0.717, 1.165) is 0 Å². The molecule has 0 aliphatic heterocycles. The molecule has 0 unspecified atom stereocenters. The zero-order valence-corrected chi connectivity index (χ0v) is 10.5. The van der Waals surface area contributed by atoms with Crippen molar-refractivity contribution in [2.75, 3.05) is 0 Å². The van der Waals surface area contributed by atoms with Gasteiger partial charge in [-0.1, -0.05) is 0 Å².